The zero-order valence-corrected chi connectivity index (χ0v) is 13.2. The van der Waals surface area contributed by atoms with Gasteiger partial charge in [0.15, 0.2) is 17.3 Å². The first-order chi connectivity index (χ1) is 10.1. The van der Waals surface area contributed by atoms with Crippen molar-refractivity contribution >= 4 is 21.7 Å². The molecule has 0 bridgehead atoms. The number of rotatable bonds is 3. The lowest BCUT2D eigenvalue weighted by molar-refractivity contribution is 0.433. The predicted octanol–water partition coefficient (Wildman–Crippen LogP) is 3.63. The zero-order valence-electron chi connectivity index (χ0n) is 11.6. The summed E-state index contributed by atoms with van der Waals surface area (Å²) in [6.07, 6.45) is 1.66. The van der Waals surface area contributed by atoms with Gasteiger partial charge in [-0.05, 0) is 15.9 Å². The Bertz CT molecular complexity index is 755. The molecule has 0 spiro atoms. The van der Waals surface area contributed by atoms with Gasteiger partial charge < -0.3 is 9.42 Å². The third kappa shape index (κ3) is 2.80. The molecule has 1 aromatic carbocycles. The number of hydrogen-bond donors (Lipinski definition) is 0. The van der Waals surface area contributed by atoms with Gasteiger partial charge in [-0.1, -0.05) is 35.5 Å². The van der Waals surface area contributed by atoms with Gasteiger partial charge >= 0.3 is 0 Å². The van der Waals surface area contributed by atoms with E-state index >= 15 is 0 Å². The molecule has 0 radical (unpaired) electrons. The van der Waals surface area contributed by atoms with Crippen LogP contribution in [-0.4, -0.2) is 29.2 Å². The van der Waals surface area contributed by atoms with E-state index in [0.717, 1.165) is 17.1 Å². The molecular weight excluding hydrogens is 332 g/mol. The van der Waals surface area contributed by atoms with Crippen molar-refractivity contribution in [3.05, 3.63) is 47.2 Å². The summed E-state index contributed by atoms with van der Waals surface area (Å²) < 4.78 is 6.10. The van der Waals surface area contributed by atoms with Crippen LogP contribution in [0.15, 0.2) is 51.7 Å². The van der Waals surface area contributed by atoms with Gasteiger partial charge in [-0.25, -0.2) is 9.97 Å². The lowest BCUT2D eigenvalue weighted by Crippen LogP contribution is -2.12. The molecule has 0 amide bonds. The van der Waals surface area contributed by atoms with Crippen molar-refractivity contribution in [2.24, 2.45) is 0 Å². The summed E-state index contributed by atoms with van der Waals surface area (Å²) in [5, 5.41) is 4.12. The van der Waals surface area contributed by atoms with E-state index in [2.05, 4.69) is 31.1 Å². The van der Waals surface area contributed by atoms with Crippen LogP contribution < -0.4 is 4.90 Å². The number of aromatic nitrogens is 3. The van der Waals surface area contributed by atoms with Crippen LogP contribution in [0.2, 0.25) is 0 Å². The first-order valence-corrected chi connectivity index (χ1v) is 7.17. The van der Waals surface area contributed by atoms with Crippen LogP contribution in [0.25, 0.3) is 22.7 Å². The lowest BCUT2D eigenvalue weighted by Gasteiger charge is -2.13. The normalized spacial score (nSPS) is 10.6. The molecule has 3 aromatic rings. The van der Waals surface area contributed by atoms with E-state index in [1.807, 2.05) is 55.4 Å². The Kier molecular flexibility index (Phi) is 3.70. The number of halogens is 1. The highest BCUT2D eigenvalue weighted by atomic mass is 79.9. The second-order valence-corrected chi connectivity index (χ2v) is 5.51. The fourth-order valence-electron chi connectivity index (χ4n) is 1.99. The summed E-state index contributed by atoms with van der Waals surface area (Å²) in [5.74, 6) is 1.32. The minimum atomic E-state index is 0.589. The summed E-state index contributed by atoms with van der Waals surface area (Å²) in [4.78, 5) is 10.7. The van der Waals surface area contributed by atoms with E-state index in [4.69, 9.17) is 4.52 Å². The molecule has 2 aromatic heterocycles. The van der Waals surface area contributed by atoms with E-state index < -0.39 is 0 Å². The largest absolute Gasteiger partial charge is 0.361 e. The van der Waals surface area contributed by atoms with E-state index in [9.17, 15) is 0 Å². The number of benzene rings is 1. The molecule has 6 heteroatoms. The maximum atomic E-state index is 5.45. The summed E-state index contributed by atoms with van der Waals surface area (Å²) in [5.41, 5.74) is 2.43. The highest BCUT2D eigenvalue weighted by molar-refractivity contribution is 9.10. The molecule has 0 saturated heterocycles. The van der Waals surface area contributed by atoms with Gasteiger partial charge in [-0.2, -0.15) is 0 Å². The molecule has 2 heterocycles. The van der Waals surface area contributed by atoms with Gasteiger partial charge in [0.1, 0.15) is 10.3 Å². The monoisotopic (exact) mass is 344 g/mol. The topological polar surface area (TPSA) is 55.1 Å². The zero-order chi connectivity index (χ0) is 14.8. The maximum absolute atomic E-state index is 5.45. The summed E-state index contributed by atoms with van der Waals surface area (Å²) in [6.45, 7) is 0. The van der Waals surface area contributed by atoms with Gasteiger partial charge in [-0.15, -0.1) is 0 Å². The van der Waals surface area contributed by atoms with Crippen molar-refractivity contribution < 1.29 is 4.52 Å². The Balaban J connectivity index is 2.06. The average molecular weight is 345 g/mol. The molecule has 3 rings (SSSR count). The molecule has 0 unspecified atom stereocenters. The lowest BCUT2D eigenvalue weighted by atomic mass is 10.1. The third-order valence-corrected chi connectivity index (χ3v) is 3.34. The Hall–Kier alpha value is -2.21. The molecule has 0 aliphatic carbocycles. The third-order valence-electron chi connectivity index (χ3n) is 2.96. The van der Waals surface area contributed by atoms with Gasteiger partial charge in [0.05, 0.1) is 6.20 Å². The number of anilines is 1. The van der Waals surface area contributed by atoms with Crippen LogP contribution in [0.4, 0.5) is 5.82 Å². The molecule has 0 atom stereocenters. The Morgan fingerprint density at radius 1 is 1.14 bits per heavy atom. The summed E-state index contributed by atoms with van der Waals surface area (Å²) in [7, 11) is 3.83. The molecule has 5 nitrogen and oxygen atoms in total. The Morgan fingerprint density at radius 2 is 1.90 bits per heavy atom. The fourth-order valence-corrected chi connectivity index (χ4v) is 2.27. The Morgan fingerprint density at radius 3 is 2.62 bits per heavy atom. The smallest absolute Gasteiger partial charge is 0.189 e. The van der Waals surface area contributed by atoms with Crippen LogP contribution in [0, 0.1) is 0 Å². The van der Waals surface area contributed by atoms with E-state index in [1.54, 1.807) is 6.20 Å². The van der Waals surface area contributed by atoms with Gasteiger partial charge in [0.2, 0.25) is 0 Å². The van der Waals surface area contributed by atoms with Crippen molar-refractivity contribution in [3.8, 4) is 22.7 Å². The average Bonchev–Trinajstić information content (AvgIpc) is 2.97. The van der Waals surface area contributed by atoms with Crippen molar-refractivity contribution in [2.75, 3.05) is 19.0 Å². The van der Waals surface area contributed by atoms with Gasteiger partial charge in [-0.3, -0.25) is 0 Å². The molecular formula is C15H13BrN4O. The molecule has 0 aliphatic heterocycles. The SMILES string of the molecule is CN(C)c1ncc(Br)nc1-c1cc(-c2ccccc2)no1. The minimum absolute atomic E-state index is 0.589. The highest BCUT2D eigenvalue weighted by Gasteiger charge is 2.16. The molecule has 106 valence electrons. The second-order valence-electron chi connectivity index (χ2n) is 4.70. The minimum Gasteiger partial charge on any atom is -0.361 e. The van der Waals surface area contributed by atoms with Crippen LogP contribution in [0.1, 0.15) is 0 Å². The van der Waals surface area contributed by atoms with Crippen molar-refractivity contribution in [1.29, 1.82) is 0 Å². The maximum Gasteiger partial charge on any atom is 0.189 e. The summed E-state index contributed by atoms with van der Waals surface area (Å²) >= 11 is 3.34. The van der Waals surface area contributed by atoms with Crippen LogP contribution in [0.5, 0.6) is 0 Å². The first-order valence-electron chi connectivity index (χ1n) is 6.37. The molecule has 0 saturated carbocycles. The molecule has 0 N–H and O–H groups in total. The standard InChI is InChI=1S/C15H13BrN4O/c1-20(2)15-14(18-13(16)9-17-15)12-8-11(19-21-12)10-6-4-3-5-7-10/h3-9H,1-2H3. The van der Waals surface area contributed by atoms with Crippen molar-refractivity contribution in [2.45, 2.75) is 0 Å². The van der Waals surface area contributed by atoms with Crippen LogP contribution in [-0.2, 0) is 0 Å². The van der Waals surface area contributed by atoms with Crippen molar-refractivity contribution in [3.63, 3.8) is 0 Å². The first kappa shape index (κ1) is 13.8. The molecule has 21 heavy (non-hydrogen) atoms. The Labute approximate surface area is 130 Å². The molecule has 0 aliphatic rings. The molecule has 0 fully saturated rings. The van der Waals surface area contributed by atoms with Gasteiger partial charge in [0, 0.05) is 25.7 Å². The van der Waals surface area contributed by atoms with Crippen LogP contribution >= 0.6 is 15.9 Å². The van der Waals surface area contributed by atoms with E-state index in [-0.39, 0.29) is 0 Å². The fraction of sp³-hybridized carbons (Fsp3) is 0.133. The number of hydrogen-bond acceptors (Lipinski definition) is 5. The number of nitrogens with zero attached hydrogens (tertiary/aromatic N) is 4. The van der Waals surface area contributed by atoms with Gasteiger partial charge in [0.25, 0.3) is 0 Å². The van der Waals surface area contributed by atoms with Crippen molar-refractivity contribution in [1.82, 2.24) is 15.1 Å². The van der Waals surface area contributed by atoms with Crippen LogP contribution in [0.3, 0.4) is 0 Å². The summed E-state index contributed by atoms with van der Waals surface area (Å²) in [6, 6.07) is 11.7. The second kappa shape index (κ2) is 5.65. The van der Waals surface area contributed by atoms with E-state index in [1.165, 1.54) is 0 Å². The highest BCUT2D eigenvalue weighted by Crippen LogP contribution is 2.30. The predicted molar refractivity (Wildman–Crippen MR) is 85.0 cm³/mol. The van der Waals surface area contributed by atoms with E-state index in [0.29, 0.717) is 16.1 Å². The quantitative estimate of drug-likeness (QED) is 0.726.